The molecule has 1 saturated carbocycles. The van der Waals surface area contributed by atoms with Gasteiger partial charge in [-0.2, -0.15) is 0 Å². The fourth-order valence-electron chi connectivity index (χ4n) is 3.75. The Morgan fingerprint density at radius 2 is 1.60 bits per heavy atom. The normalized spacial score (nSPS) is 22.5. The predicted octanol–water partition coefficient (Wildman–Crippen LogP) is 5.86. The molecule has 3 rings (SSSR count). The van der Waals surface area contributed by atoms with Gasteiger partial charge in [0.2, 0.25) is 0 Å². The molecule has 132 valence electrons. The lowest BCUT2D eigenvalue weighted by atomic mass is 9.81. The first-order valence-electron chi connectivity index (χ1n) is 9.12. The summed E-state index contributed by atoms with van der Waals surface area (Å²) in [7, 11) is 0. The molecular formula is C23H28O2. The summed E-state index contributed by atoms with van der Waals surface area (Å²) in [6.07, 6.45) is 1.85. The lowest BCUT2D eigenvalue weighted by molar-refractivity contribution is -0.153. The van der Waals surface area contributed by atoms with E-state index in [0.717, 1.165) is 18.4 Å². The lowest BCUT2D eigenvalue weighted by Gasteiger charge is -2.25. The van der Waals surface area contributed by atoms with Crippen LogP contribution in [-0.2, 0) is 16.1 Å². The Morgan fingerprint density at radius 1 is 1.04 bits per heavy atom. The number of hydrogen-bond acceptors (Lipinski definition) is 2. The topological polar surface area (TPSA) is 26.3 Å². The van der Waals surface area contributed by atoms with Crippen molar-refractivity contribution < 1.29 is 9.53 Å². The first-order valence-corrected chi connectivity index (χ1v) is 9.12. The molecule has 2 aromatic carbocycles. The minimum Gasteiger partial charge on any atom is -0.460 e. The molecular weight excluding hydrogens is 308 g/mol. The number of esters is 1. The van der Waals surface area contributed by atoms with Crippen molar-refractivity contribution in [1.82, 2.24) is 0 Å². The average Bonchev–Trinajstić information content (AvgIpc) is 3.22. The van der Waals surface area contributed by atoms with Crippen molar-refractivity contribution in [3.8, 4) is 11.1 Å². The van der Waals surface area contributed by atoms with Crippen molar-refractivity contribution in [2.45, 2.75) is 47.1 Å². The number of benzene rings is 2. The molecule has 0 aromatic heterocycles. The van der Waals surface area contributed by atoms with E-state index in [2.05, 4.69) is 52.0 Å². The molecule has 0 aliphatic heterocycles. The maximum atomic E-state index is 12.7. The SMILES string of the molecule is CC1CC1(CC(C)(C)C)C(=O)OCc1ccc(-c2ccccc2)cc1. The zero-order valence-electron chi connectivity index (χ0n) is 15.7. The Hall–Kier alpha value is -2.09. The third kappa shape index (κ3) is 4.12. The van der Waals surface area contributed by atoms with Crippen molar-refractivity contribution in [2.24, 2.45) is 16.7 Å². The highest BCUT2D eigenvalue weighted by Crippen LogP contribution is 2.59. The molecule has 0 amide bonds. The van der Waals surface area contributed by atoms with E-state index in [0.29, 0.717) is 12.5 Å². The maximum absolute atomic E-state index is 12.7. The fourth-order valence-corrected chi connectivity index (χ4v) is 3.75. The van der Waals surface area contributed by atoms with Crippen LogP contribution in [0, 0.1) is 16.7 Å². The summed E-state index contributed by atoms with van der Waals surface area (Å²) >= 11 is 0. The van der Waals surface area contributed by atoms with Gasteiger partial charge >= 0.3 is 5.97 Å². The molecule has 1 aliphatic carbocycles. The summed E-state index contributed by atoms with van der Waals surface area (Å²) in [4.78, 5) is 12.7. The zero-order chi connectivity index (χ0) is 18.1. The van der Waals surface area contributed by atoms with Gasteiger partial charge in [0.25, 0.3) is 0 Å². The molecule has 0 bridgehead atoms. The van der Waals surface area contributed by atoms with Crippen LogP contribution in [0.3, 0.4) is 0 Å². The Bertz CT molecular complexity index is 725. The Kier molecular flexibility index (Phi) is 4.73. The molecule has 25 heavy (non-hydrogen) atoms. The van der Waals surface area contributed by atoms with Crippen LogP contribution in [0.25, 0.3) is 11.1 Å². The van der Waals surface area contributed by atoms with E-state index in [1.165, 1.54) is 11.1 Å². The molecule has 0 heterocycles. The van der Waals surface area contributed by atoms with E-state index < -0.39 is 0 Å². The van der Waals surface area contributed by atoms with Gasteiger partial charge in [0.05, 0.1) is 5.41 Å². The van der Waals surface area contributed by atoms with Crippen molar-refractivity contribution in [2.75, 3.05) is 0 Å². The molecule has 2 unspecified atom stereocenters. The van der Waals surface area contributed by atoms with Crippen LogP contribution in [0.15, 0.2) is 54.6 Å². The minimum absolute atomic E-state index is 0.0259. The average molecular weight is 336 g/mol. The van der Waals surface area contributed by atoms with E-state index in [-0.39, 0.29) is 16.8 Å². The van der Waals surface area contributed by atoms with Gasteiger partial charge in [0.1, 0.15) is 6.61 Å². The third-order valence-corrected chi connectivity index (χ3v) is 5.14. The van der Waals surface area contributed by atoms with Crippen LogP contribution in [0.2, 0.25) is 0 Å². The second kappa shape index (κ2) is 6.67. The fraction of sp³-hybridized carbons (Fsp3) is 0.435. The Labute approximate surface area is 151 Å². The second-order valence-corrected chi connectivity index (χ2v) is 8.64. The van der Waals surface area contributed by atoms with Crippen molar-refractivity contribution in [3.05, 3.63) is 60.2 Å². The van der Waals surface area contributed by atoms with E-state index in [9.17, 15) is 4.79 Å². The minimum atomic E-state index is -0.262. The van der Waals surface area contributed by atoms with E-state index in [1.54, 1.807) is 0 Å². The largest absolute Gasteiger partial charge is 0.460 e. The molecule has 2 heteroatoms. The third-order valence-electron chi connectivity index (χ3n) is 5.14. The molecule has 0 radical (unpaired) electrons. The van der Waals surface area contributed by atoms with Gasteiger partial charge in [-0.15, -0.1) is 0 Å². The van der Waals surface area contributed by atoms with E-state index >= 15 is 0 Å². The molecule has 0 spiro atoms. The van der Waals surface area contributed by atoms with Gasteiger partial charge in [-0.25, -0.2) is 0 Å². The lowest BCUT2D eigenvalue weighted by Crippen LogP contribution is -2.26. The van der Waals surface area contributed by atoms with E-state index in [1.807, 2.05) is 30.3 Å². The summed E-state index contributed by atoms with van der Waals surface area (Å²) in [6, 6.07) is 18.5. The number of ether oxygens (including phenoxy) is 1. The Balaban J connectivity index is 1.61. The summed E-state index contributed by atoms with van der Waals surface area (Å²) in [5.74, 6) is 0.404. The van der Waals surface area contributed by atoms with Gasteiger partial charge in [-0.1, -0.05) is 82.3 Å². The van der Waals surface area contributed by atoms with Gasteiger partial charge in [-0.3, -0.25) is 4.79 Å². The zero-order valence-corrected chi connectivity index (χ0v) is 15.7. The molecule has 2 nitrogen and oxygen atoms in total. The number of carbonyl (C=O) groups is 1. The molecule has 2 aromatic rings. The van der Waals surface area contributed by atoms with E-state index in [4.69, 9.17) is 4.74 Å². The van der Waals surface area contributed by atoms with Gasteiger partial charge in [-0.05, 0) is 40.9 Å². The standard InChI is InChI=1S/C23H28O2/c1-17-14-23(17,16-22(2,3)4)21(24)25-15-18-10-12-20(13-11-18)19-8-6-5-7-9-19/h5-13,17H,14-16H2,1-4H3. The quantitative estimate of drug-likeness (QED) is 0.639. The number of hydrogen-bond donors (Lipinski definition) is 0. The molecule has 1 fully saturated rings. The summed E-state index contributed by atoms with van der Waals surface area (Å²) in [5.41, 5.74) is 3.29. The van der Waals surface area contributed by atoms with Crippen molar-refractivity contribution >= 4 is 5.97 Å². The van der Waals surface area contributed by atoms with Crippen LogP contribution in [0.1, 0.15) is 46.1 Å². The predicted molar refractivity (Wildman–Crippen MR) is 102 cm³/mol. The Morgan fingerprint density at radius 3 is 2.12 bits per heavy atom. The van der Waals surface area contributed by atoms with Crippen LogP contribution in [0.4, 0.5) is 0 Å². The molecule has 2 atom stereocenters. The van der Waals surface area contributed by atoms with Gasteiger partial charge in [0, 0.05) is 0 Å². The maximum Gasteiger partial charge on any atom is 0.312 e. The van der Waals surface area contributed by atoms with Crippen LogP contribution in [-0.4, -0.2) is 5.97 Å². The summed E-state index contributed by atoms with van der Waals surface area (Å²) in [5, 5.41) is 0. The molecule has 0 saturated heterocycles. The number of rotatable bonds is 5. The highest BCUT2D eigenvalue weighted by atomic mass is 16.5. The van der Waals surface area contributed by atoms with Crippen LogP contribution in [0.5, 0.6) is 0 Å². The monoisotopic (exact) mass is 336 g/mol. The highest BCUT2D eigenvalue weighted by molar-refractivity contribution is 5.80. The van der Waals surface area contributed by atoms with Gasteiger partial charge < -0.3 is 4.74 Å². The summed E-state index contributed by atoms with van der Waals surface area (Å²) in [6.45, 7) is 9.08. The highest BCUT2D eigenvalue weighted by Gasteiger charge is 2.59. The molecule has 1 aliphatic rings. The first kappa shape index (κ1) is 17.7. The second-order valence-electron chi connectivity index (χ2n) is 8.64. The first-order chi connectivity index (χ1) is 11.8. The number of carbonyl (C=O) groups excluding carboxylic acids is 1. The summed E-state index contributed by atoms with van der Waals surface area (Å²) < 4.78 is 5.68. The van der Waals surface area contributed by atoms with Crippen molar-refractivity contribution in [1.29, 1.82) is 0 Å². The smallest absolute Gasteiger partial charge is 0.312 e. The molecule has 0 N–H and O–H groups in total. The van der Waals surface area contributed by atoms with Gasteiger partial charge in [0.15, 0.2) is 0 Å². The van der Waals surface area contributed by atoms with Crippen molar-refractivity contribution in [3.63, 3.8) is 0 Å². The van der Waals surface area contributed by atoms with Crippen LogP contribution >= 0.6 is 0 Å². The van der Waals surface area contributed by atoms with Crippen LogP contribution < -0.4 is 0 Å².